The van der Waals surface area contributed by atoms with Crippen LogP contribution >= 0.6 is 7.34 Å². The van der Waals surface area contributed by atoms with E-state index in [1.807, 2.05) is 56.3 Å². The van der Waals surface area contributed by atoms with Crippen molar-refractivity contribution in [3.05, 3.63) is 0 Å². The number of nitrogens with two attached hydrogens (primary N) is 1. The zero-order chi connectivity index (χ0) is 15.8. The second kappa shape index (κ2) is 5.65. The Balaban J connectivity index is 3.74. The van der Waals surface area contributed by atoms with Gasteiger partial charge in [-0.3, -0.25) is 18.8 Å². The van der Waals surface area contributed by atoms with Gasteiger partial charge in [-0.15, -0.1) is 5.01 Å². The van der Waals surface area contributed by atoms with Gasteiger partial charge in [0.1, 0.15) is 5.29 Å². The SMILES string of the molecule is CC1=NN(C(N)=O)C(=O)C1=P(N(C)C)(N(C)C)N(C)C. The summed E-state index contributed by atoms with van der Waals surface area (Å²) in [6.07, 6.45) is 0. The lowest BCUT2D eigenvalue weighted by Crippen LogP contribution is -2.42. The lowest BCUT2D eigenvalue weighted by Gasteiger charge is -2.44. The molecule has 2 N–H and O–H groups in total. The van der Waals surface area contributed by atoms with Crippen molar-refractivity contribution < 1.29 is 9.59 Å². The molecule has 1 rings (SSSR count). The summed E-state index contributed by atoms with van der Waals surface area (Å²) in [4.78, 5) is 23.9. The fourth-order valence-corrected chi connectivity index (χ4v) is 6.84. The second-order valence-electron chi connectivity index (χ2n) is 5.10. The van der Waals surface area contributed by atoms with Gasteiger partial charge in [-0.2, -0.15) is 5.10 Å². The Labute approximate surface area is 119 Å². The number of nitrogens with zero attached hydrogens (tertiary/aromatic N) is 5. The van der Waals surface area contributed by atoms with E-state index in [9.17, 15) is 9.59 Å². The molecule has 3 amide bonds. The van der Waals surface area contributed by atoms with Crippen LogP contribution in [0.25, 0.3) is 0 Å². The quantitative estimate of drug-likeness (QED) is 0.736. The molecule has 0 atom stereocenters. The first kappa shape index (κ1) is 16.8. The molecule has 0 spiro atoms. The van der Waals surface area contributed by atoms with E-state index in [-0.39, 0.29) is 0 Å². The predicted octanol–water partition coefficient (Wildman–Crippen LogP) is -0.0970. The molecule has 0 aliphatic carbocycles. The molecule has 0 unspecified atom stereocenters. The maximum absolute atomic E-state index is 12.5. The Morgan fingerprint density at radius 2 is 1.50 bits per heavy atom. The van der Waals surface area contributed by atoms with E-state index in [4.69, 9.17) is 5.73 Å². The molecule has 0 radical (unpaired) electrons. The Kier molecular flexibility index (Phi) is 4.76. The number of hydrazone groups is 1. The number of primary amides is 1. The standard InChI is InChI=1S/C11H23N6O2P/c1-8-9(10(18)17(13-8)11(12)19)20(14(2)3,15(4)5)16(6)7/h1-7H3,(H2,12,19). The number of urea groups is 1. The Morgan fingerprint density at radius 3 is 1.75 bits per heavy atom. The molecule has 1 aliphatic heterocycles. The lowest BCUT2D eigenvalue weighted by molar-refractivity contribution is -0.120. The summed E-state index contributed by atoms with van der Waals surface area (Å²) >= 11 is 0. The van der Waals surface area contributed by atoms with Gasteiger partial charge in [0.15, 0.2) is 0 Å². The first-order valence-corrected chi connectivity index (χ1v) is 7.72. The molecule has 0 aromatic rings. The van der Waals surface area contributed by atoms with E-state index >= 15 is 0 Å². The first-order chi connectivity index (χ1) is 9.08. The first-order valence-electron chi connectivity index (χ1n) is 6.07. The monoisotopic (exact) mass is 302 g/mol. The van der Waals surface area contributed by atoms with Gasteiger partial charge in [0, 0.05) is 0 Å². The minimum atomic E-state index is -2.26. The number of carbonyl (C=O) groups is 2. The molecule has 114 valence electrons. The van der Waals surface area contributed by atoms with Crippen molar-refractivity contribution in [1.29, 1.82) is 0 Å². The molecule has 0 aromatic carbocycles. The number of hydrogen-bond donors (Lipinski definition) is 1. The molecule has 20 heavy (non-hydrogen) atoms. The summed E-state index contributed by atoms with van der Waals surface area (Å²) in [6.45, 7) is 1.72. The summed E-state index contributed by atoms with van der Waals surface area (Å²) in [5.74, 6) is -0.445. The Morgan fingerprint density at radius 1 is 1.10 bits per heavy atom. The van der Waals surface area contributed by atoms with Crippen molar-refractivity contribution in [2.45, 2.75) is 6.92 Å². The second-order valence-corrected chi connectivity index (χ2v) is 9.08. The molecule has 9 heteroatoms. The number of hydrogen-bond acceptors (Lipinski definition) is 6. The fraction of sp³-hybridized carbons (Fsp3) is 0.636. The van der Waals surface area contributed by atoms with Gasteiger partial charge in [-0.05, 0) is 49.2 Å². The van der Waals surface area contributed by atoms with Crippen molar-refractivity contribution in [3.8, 4) is 0 Å². The van der Waals surface area contributed by atoms with Crippen LogP contribution in [-0.2, 0) is 4.79 Å². The molecule has 1 heterocycles. The van der Waals surface area contributed by atoms with Crippen LogP contribution in [0.2, 0.25) is 0 Å². The third-order valence-electron chi connectivity index (χ3n) is 3.17. The van der Waals surface area contributed by atoms with E-state index in [0.29, 0.717) is 11.0 Å². The highest BCUT2D eigenvalue weighted by Crippen LogP contribution is 2.55. The highest BCUT2D eigenvalue weighted by Gasteiger charge is 2.42. The van der Waals surface area contributed by atoms with Gasteiger partial charge in [0.05, 0.1) is 13.0 Å². The Bertz CT molecular complexity index is 494. The van der Waals surface area contributed by atoms with Crippen molar-refractivity contribution in [2.75, 3.05) is 42.3 Å². The average Bonchev–Trinajstić information content (AvgIpc) is 2.56. The minimum Gasteiger partial charge on any atom is -0.350 e. The van der Waals surface area contributed by atoms with E-state index in [1.54, 1.807) is 6.92 Å². The lowest BCUT2D eigenvalue weighted by atomic mass is 10.3. The third-order valence-corrected chi connectivity index (χ3v) is 7.63. The molecule has 0 bridgehead atoms. The van der Waals surface area contributed by atoms with Gasteiger partial charge < -0.3 is 5.73 Å². The van der Waals surface area contributed by atoms with Gasteiger partial charge in [-0.25, -0.2) is 4.79 Å². The number of carbonyl (C=O) groups excluding carboxylic acids is 2. The van der Waals surface area contributed by atoms with Crippen molar-refractivity contribution >= 4 is 30.3 Å². The van der Waals surface area contributed by atoms with Crippen LogP contribution in [0.4, 0.5) is 4.79 Å². The third kappa shape index (κ3) is 2.29. The van der Waals surface area contributed by atoms with Crippen LogP contribution in [-0.4, -0.2) is 84.2 Å². The van der Waals surface area contributed by atoms with Crippen molar-refractivity contribution in [3.63, 3.8) is 0 Å². The zero-order valence-electron chi connectivity index (χ0n) is 13.1. The summed E-state index contributed by atoms with van der Waals surface area (Å²) in [5.41, 5.74) is 5.73. The summed E-state index contributed by atoms with van der Waals surface area (Å²) in [5, 5.41) is 5.26. The summed E-state index contributed by atoms with van der Waals surface area (Å²) in [6, 6.07) is -0.862. The molecular formula is C11H23N6O2P. The van der Waals surface area contributed by atoms with Crippen LogP contribution in [0.15, 0.2) is 5.10 Å². The molecule has 0 saturated heterocycles. The maximum Gasteiger partial charge on any atom is 0.342 e. The van der Waals surface area contributed by atoms with E-state index in [0.717, 1.165) is 5.01 Å². The average molecular weight is 302 g/mol. The van der Waals surface area contributed by atoms with E-state index < -0.39 is 19.3 Å². The minimum absolute atomic E-state index is 0.445. The van der Waals surface area contributed by atoms with Gasteiger partial charge in [0.25, 0.3) is 5.91 Å². The van der Waals surface area contributed by atoms with Crippen LogP contribution in [0.1, 0.15) is 6.92 Å². The van der Waals surface area contributed by atoms with Crippen LogP contribution in [0.3, 0.4) is 0 Å². The van der Waals surface area contributed by atoms with Gasteiger partial charge in [-0.1, -0.05) is 0 Å². The number of imide groups is 1. The van der Waals surface area contributed by atoms with E-state index in [2.05, 4.69) is 5.10 Å². The fourth-order valence-electron chi connectivity index (χ4n) is 2.67. The largest absolute Gasteiger partial charge is 0.350 e. The molecule has 8 nitrogen and oxygen atoms in total. The zero-order valence-corrected chi connectivity index (χ0v) is 14.0. The summed E-state index contributed by atoms with van der Waals surface area (Å²) in [7, 11) is 9.20. The van der Waals surface area contributed by atoms with Crippen LogP contribution in [0.5, 0.6) is 0 Å². The van der Waals surface area contributed by atoms with Gasteiger partial charge in [0.2, 0.25) is 0 Å². The normalized spacial score (nSPS) is 16.7. The molecule has 0 saturated carbocycles. The van der Waals surface area contributed by atoms with Crippen LogP contribution in [0, 0.1) is 0 Å². The Hall–Kier alpha value is -1.21. The van der Waals surface area contributed by atoms with Crippen LogP contribution < -0.4 is 5.73 Å². The highest BCUT2D eigenvalue weighted by atomic mass is 31.2. The molecule has 0 aromatic heterocycles. The number of rotatable bonds is 3. The van der Waals surface area contributed by atoms with E-state index in [1.165, 1.54) is 0 Å². The predicted molar refractivity (Wildman–Crippen MR) is 82.5 cm³/mol. The molecule has 0 fully saturated rings. The smallest absolute Gasteiger partial charge is 0.342 e. The molecular weight excluding hydrogens is 279 g/mol. The number of amides is 3. The highest BCUT2D eigenvalue weighted by molar-refractivity contribution is 7.73. The molecule has 1 aliphatic rings. The van der Waals surface area contributed by atoms with Gasteiger partial charge >= 0.3 is 6.03 Å². The summed E-state index contributed by atoms with van der Waals surface area (Å²) < 4.78 is 6.01. The van der Waals surface area contributed by atoms with Crippen molar-refractivity contribution in [2.24, 2.45) is 10.8 Å². The topological polar surface area (TPSA) is 85.5 Å². The van der Waals surface area contributed by atoms with Crippen molar-refractivity contribution in [1.82, 2.24) is 19.0 Å². The maximum atomic E-state index is 12.5.